The van der Waals surface area contributed by atoms with E-state index in [-0.39, 0.29) is 16.1 Å². The van der Waals surface area contributed by atoms with E-state index in [4.69, 9.17) is 4.74 Å². The molecule has 0 aliphatic carbocycles. The van der Waals surface area contributed by atoms with Crippen LogP contribution in [-0.4, -0.2) is 24.2 Å². The van der Waals surface area contributed by atoms with Gasteiger partial charge in [0.1, 0.15) is 5.82 Å². The summed E-state index contributed by atoms with van der Waals surface area (Å²) in [4.78, 5) is 12.1. The summed E-state index contributed by atoms with van der Waals surface area (Å²) in [7, 11) is 0. The van der Waals surface area contributed by atoms with Crippen LogP contribution in [0.3, 0.4) is 0 Å². The van der Waals surface area contributed by atoms with Gasteiger partial charge in [0.2, 0.25) is 0 Å². The Morgan fingerprint density at radius 1 is 1.61 bits per heavy atom. The first-order chi connectivity index (χ1) is 8.44. The van der Waals surface area contributed by atoms with Crippen molar-refractivity contribution >= 4 is 21.8 Å². The van der Waals surface area contributed by atoms with Gasteiger partial charge in [-0.3, -0.25) is 4.79 Å². The quantitative estimate of drug-likeness (QED) is 0.911. The van der Waals surface area contributed by atoms with Crippen LogP contribution in [0.2, 0.25) is 0 Å². The van der Waals surface area contributed by atoms with Gasteiger partial charge in [-0.05, 0) is 48.3 Å². The molecule has 5 heteroatoms. The molecule has 1 fully saturated rings. The lowest BCUT2D eigenvalue weighted by Gasteiger charge is -2.29. The second-order valence-corrected chi connectivity index (χ2v) is 5.59. The van der Waals surface area contributed by atoms with Gasteiger partial charge in [0, 0.05) is 6.61 Å². The zero-order chi connectivity index (χ0) is 13.3. The van der Waals surface area contributed by atoms with E-state index in [1.54, 1.807) is 12.1 Å². The Balaban J connectivity index is 2.20. The number of halogens is 2. The second-order valence-electron chi connectivity index (χ2n) is 4.74. The summed E-state index contributed by atoms with van der Waals surface area (Å²) in [5, 5.41) is 2.86. The van der Waals surface area contributed by atoms with Gasteiger partial charge in [-0.2, -0.15) is 0 Å². The zero-order valence-electron chi connectivity index (χ0n) is 10.3. The number of rotatable bonds is 2. The lowest BCUT2D eigenvalue weighted by Crippen LogP contribution is -2.50. The second kappa shape index (κ2) is 4.97. The molecule has 1 N–H and O–H groups in total. The first kappa shape index (κ1) is 13.5. The number of amides is 1. The SMILES string of the molecule is CC1OCCC1(C)NC(=O)c1cccc(Br)c1F. The minimum absolute atomic E-state index is 0.0460. The molecule has 2 rings (SSSR count). The average molecular weight is 316 g/mol. The number of benzene rings is 1. The zero-order valence-corrected chi connectivity index (χ0v) is 11.9. The first-order valence-electron chi connectivity index (χ1n) is 5.82. The van der Waals surface area contributed by atoms with Gasteiger partial charge in [0.05, 0.1) is 21.7 Å². The number of carbonyl (C=O) groups excluding carboxylic acids is 1. The molecule has 0 bridgehead atoms. The van der Waals surface area contributed by atoms with Crippen molar-refractivity contribution in [3.05, 3.63) is 34.1 Å². The molecule has 2 unspecified atom stereocenters. The van der Waals surface area contributed by atoms with Gasteiger partial charge in [0.15, 0.2) is 0 Å². The highest BCUT2D eigenvalue weighted by Crippen LogP contribution is 2.26. The average Bonchev–Trinajstić information content (AvgIpc) is 2.62. The Kier molecular flexibility index (Phi) is 3.73. The number of ether oxygens (including phenoxy) is 1. The molecule has 18 heavy (non-hydrogen) atoms. The third-order valence-corrected chi connectivity index (χ3v) is 4.09. The van der Waals surface area contributed by atoms with E-state index in [0.29, 0.717) is 6.61 Å². The molecule has 98 valence electrons. The van der Waals surface area contributed by atoms with E-state index < -0.39 is 17.3 Å². The molecule has 1 aromatic carbocycles. The van der Waals surface area contributed by atoms with Crippen molar-refractivity contribution < 1.29 is 13.9 Å². The summed E-state index contributed by atoms with van der Waals surface area (Å²) in [6.07, 6.45) is 0.659. The van der Waals surface area contributed by atoms with Crippen LogP contribution in [0.5, 0.6) is 0 Å². The fourth-order valence-corrected chi connectivity index (χ4v) is 2.37. The van der Waals surface area contributed by atoms with Crippen molar-refractivity contribution in [2.75, 3.05) is 6.61 Å². The van der Waals surface area contributed by atoms with Crippen LogP contribution >= 0.6 is 15.9 Å². The topological polar surface area (TPSA) is 38.3 Å². The van der Waals surface area contributed by atoms with Crippen molar-refractivity contribution in [1.82, 2.24) is 5.32 Å². The summed E-state index contributed by atoms with van der Waals surface area (Å²) in [5.74, 6) is -0.946. The maximum atomic E-state index is 13.8. The largest absolute Gasteiger partial charge is 0.376 e. The smallest absolute Gasteiger partial charge is 0.254 e. The normalized spacial score (nSPS) is 27.2. The third kappa shape index (κ3) is 2.42. The van der Waals surface area contributed by atoms with Crippen LogP contribution in [0.4, 0.5) is 4.39 Å². The van der Waals surface area contributed by atoms with Crippen LogP contribution in [-0.2, 0) is 4.74 Å². The molecule has 1 heterocycles. The molecule has 1 aromatic rings. The molecule has 1 amide bonds. The van der Waals surface area contributed by atoms with E-state index in [1.165, 1.54) is 6.07 Å². The summed E-state index contributed by atoms with van der Waals surface area (Å²) in [6, 6.07) is 4.67. The van der Waals surface area contributed by atoms with Crippen LogP contribution in [0.1, 0.15) is 30.6 Å². The van der Waals surface area contributed by atoms with Crippen LogP contribution < -0.4 is 5.32 Å². The Bertz CT molecular complexity index is 480. The van der Waals surface area contributed by atoms with E-state index in [2.05, 4.69) is 21.2 Å². The lowest BCUT2D eigenvalue weighted by molar-refractivity contribution is 0.0724. The lowest BCUT2D eigenvalue weighted by atomic mass is 9.94. The van der Waals surface area contributed by atoms with Gasteiger partial charge in [0.25, 0.3) is 5.91 Å². The molecule has 3 nitrogen and oxygen atoms in total. The number of carbonyl (C=O) groups is 1. The van der Waals surface area contributed by atoms with Crippen molar-refractivity contribution in [1.29, 1.82) is 0 Å². The minimum Gasteiger partial charge on any atom is -0.376 e. The van der Waals surface area contributed by atoms with E-state index in [1.807, 2.05) is 13.8 Å². The molecule has 1 aliphatic heterocycles. The van der Waals surface area contributed by atoms with Crippen LogP contribution in [0.25, 0.3) is 0 Å². The Labute approximate surface area is 114 Å². The summed E-state index contributed by atoms with van der Waals surface area (Å²) in [5.41, 5.74) is -0.393. The van der Waals surface area contributed by atoms with Crippen molar-refractivity contribution in [2.24, 2.45) is 0 Å². The Hall–Kier alpha value is -0.940. The molecule has 1 aliphatic rings. The van der Waals surface area contributed by atoms with Gasteiger partial charge < -0.3 is 10.1 Å². The van der Waals surface area contributed by atoms with Gasteiger partial charge >= 0.3 is 0 Å². The standard InChI is InChI=1S/C13H15BrFNO2/c1-8-13(2,6-7-18-8)16-12(17)9-4-3-5-10(14)11(9)15/h3-5,8H,6-7H2,1-2H3,(H,16,17). The fourth-order valence-electron chi connectivity index (χ4n) is 2.00. The van der Waals surface area contributed by atoms with E-state index in [9.17, 15) is 9.18 Å². The predicted octanol–water partition coefficient (Wildman–Crippen LogP) is 2.89. The van der Waals surface area contributed by atoms with Crippen molar-refractivity contribution in [3.63, 3.8) is 0 Å². The molecular formula is C13H15BrFNO2. The highest BCUT2D eigenvalue weighted by Gasteiger charge is 2.38. The van der Waals surface area contributed by atoms with E-state index >= 15 is 0 Å². The van der Waals surface area contributed by atoms with Crippen LogP contribution in [0.15, 0.2) is 22.7 Å². The molecule has 0 spiro atoms. The summed E-state index contributed by atoms with van der Waals surface area (Å²) in [6.45, 7) is 4.43. The molecule has 2 atom stereocenters. The highest BCUT2D eigenvalue weighted by molar-refractivity contribution is 9.10. The molecule has 1 saturated heterocycles. The number of nitrogens with one attached hydrogen (secondary N) is 1. The third-order valence-electron chi connectivity index (χ3n) is 3.48. The highest BCUT2D eigenvalue weighted by atomic mass is 79.9. The van der Waals surface area contributed by atoms with Gasteiger partial charge in [-0.1, -0.05) is 6.07 Å². The fraction of sp³-hybridized carbons (Fsp3) is 0.462. The van der Waals surface area contributed by atoms with E-state index in [0.717, 1.165) is 6.42 Å². The molecular weight excluding hydrogens is 301 g/mol. The van der Waals surface area contributed by atoms with Crippen LogP contribution in [0, 0.1) is 5.82 Å². The van der Waals surface area contributed by atoms with Crippen molar-refractivity contribution in [3.8, 4) is 0 Å². The summed E-state index contributed by atoms with van der Waals surface area (Å²) >= 11 is 3.07. The molecule has 0 radical (unpaired) electrons. The van der Waals surface area contributed by atoms with Crippen molar-refractivity contribution in [2.45, 2.75) is 31.9 Å². The summed E-state index contributed by atoms with van der Waals surface area (Å²) < 4.78 is 19.5. The van der Waals surface area contributed by atoms with Gasteiger partial charge in [-0.25, -0.2) is 4.39 Å². The Morgan fingerprint density at radius 3 is 2.94 bits per heavy atom. The minimum atomic E-state index is -0.537. The molecule has 0 saturated carbocycles. The number of hydrogen-bond donors (Lipinski definition) is 1. The van der Waals surface area contributed by atoms with Gasteiger partial charge in [-0.15, -0.1) is 0 Å². The maximum absolute atomic E-state index is 13.8. The number of hydrogen-bond acceptors (Lipinski definition) is 2. The monoisotopic (exact) mass is 315 g/mol. The maximum Gasteiger partial charge on any atom is 0.254 e. The first-order valence-corrected chi connectivity index (χ1v) is 6.61. The molecule has 0 aromatic heterocycles. The predicted molar refractivity (Wildman–Crippen MR) is 70.0 cm³/mol. The Morgan fingerprint density at radius 2 is 2.33 bits per heavy atom.